The molecule has 0 saturated heterocycles. The Morgan fingerprint density at radius 1 is 1.15 bits per heavy atom. The zero-order chi connectivity index (χ0) is 17.8. The molecule has 8 nitrogen and oxygen atoms in total. The van der Waals surface area contributed by atoms with Crippen molar-refractivity contribution in [3.8, 4) is 0 Å². The van der Waals surface area contributed by atoms with Gasteiger partial charge in [0.05, 0.1) is 18.3 Å². The van der Waals surface area contributed by atoms with Crippen molar-refractivity contribution in [3.05, 3.63) is 6.20 Å². The number of aliphatic hydroxyl groups is 1. The van der Waals surface area contributed by atoms with Gasteiger partial charge in [0.25, 0.3) is 0 Å². The van der Waals surface area contributed by atoms with E-state index in [2.05, 4.69) is 37.5 Å². The first-order valence-corrected chi connectivity index (χ1v) is 8.99. The first-order valence-electron chi connectivity index (χ1n) is 8.99. The topological polar surface area (TPSA) is 99.1 Å². The molecule has 0 spiro atoms. The van der Waals surface area contributed by atoms with E-state index in [1.165, 1.54) is 0 Å². The number of aliphatic hydroxyl groups excluding tert-OH is 1. The Labute approximate surface area is 160 Å². The van der Waals surface area contributed by atoms with Crippen LogP contribution in [0.5, 0.6) is 0 Å². The Balaban J connectivity index is 0.00000243. The SMILES string of the molecule is CCCNc1nc(N(C)C)c2nc(N[C@H]3CCCC[C@@H]3O)ncc2n1.Cl. The first kappa shape index (κ1) is 20.4. The lowest BCUT2D eigenvalue weighted by Gasteiger charge is -2.28. The van der Waals surface area contributed by atoms with Crippen LogP contribution >= 0.6 is 12.4 Å². The minimum atomic E-state index is -0.349. The monoisotopic (exact) mass is 381 g/mol. The van der Waals surface area contributed by atoms with Gasteiger partial charge in [-0.05, 0) is 19.3 Å². The molecular formula is C17H28ClN7O. The fourth-order valence-electron chi connectivity index (χ4n) is 3.06. The number of rotatable bonds is 6. The second-order valence-electron chi connectivity index (χ2n) is 6.72. The van der Waals surface area contributed by atoms with Gasteiger partial charge in [0.1, 0.15) is 11.0 Å². The van der Waals surface area contributed by atoms with Crippen molar-refractivity contribution < 1.29 is 5.11 Å². The molecule has 0 amide bonds. The Kier molecular flexibility index (Phi) is 7.16. The third-order valence-electron chi connectivity index (χ3n) is 4.42. The van der Waals surface area contributed by atoms with Gasteiger partial charge in [0, 0.05) is 20.6 Å². The first-order chi connectivity index (χ1) is 12.1. The van der Waals surface area contributed by atoms with Crippen LogP contribution in [0.1, 0.15) is 39.0 Å². The van der Waals surface area contributed by atoms with E-state index in [0.717, 1.165) is 44.5 Å². The molecule has 0 radical (unpaired) electrons. The van der Waals surface area contributed by atoms with Gasteiger partial charge in [-0.2, -0.15) is 4.98 Å². The summed E-state index contributed by atoms with van der Waals surface area (Å²) in [6.45, 7) is 2.92. The summed E-state index contributed by atoms with van der Waals surface area (Å²) in [7, 11) is 3.87. The van der Waals surface area contributed by atoms with Gasteiger partial charge in [0.15, 0.2) is 5.82 Å². The normalized spacial score (nSPS) is 19.7. The zero-order valence-electron chi connectivity index (χ0n) is 15.6. The zero-order valence-corrected chi connectivity index (χ0v) is 16.4. The molecule has 2 aromatic heterocycles. The van der Waals surface area contributed by atoms with Crippen LogP contribution in [0.3, 0.4) is 0 Å². The lowest BCUT2D eigenvalue weighted by atomic mass is 9.93. The molecule has 2 heterocycles. The third kappa shape index (κ3) is 4.62. The van der Waals surface area contributed by atoms with Crippen molar-refractivity contribution in [2.75, 3.05) is 36.2 Å². The molecule has 2 atom stereocenters. The Morgan fingerprint density at radius 2 is 1.92 bits per heavy atom. The molecule has 1 aliphatic carbocycles. The van der Waals surface area contributed by atoms with Crippen molar-refractivity contribution >= 4 is 41.2 Å². The van der Waals surface area contributed by atoms with Gasteiger partial charge >= 0.3 is 0 Å². The van der Waals surface area contributed by atoms with Gasteiger partial charge in [-0.1, -0.05) is 19.8 Å². The summed E-state index contributed by atoms with van der Waals surface area (Å²) in [6, 6.07) is 0.000388. The lowest BCUT2D eigenvalue weighted by molar-refractivity contribution is 0.116. The lowest BCUT2D eigenvalue weighted by Crippen LogP contribution is -2.36. The molecular weight excluding hydrogens is 354 g/mol. The Bertz CT molecular complexity index is 728. The molecule has 0 unspecified atom stereocenters. The molecule has 1 aliphatic rings. The van der Waals surface area contributed by atoms with E-state index in [9.17, 15) is 5.11 Å². The van der Waals surface area contributed by atoms with Crippen molar-refractivity contribution in [1.29, 1.82) is 0 Å². The number of nitrogens with zero attached hydrogens (tertiary/aromatic N) is 5. The van der Waals surface area contributed by atoms with Crippen LogP contribution in [0.25, 0.3) is 11.0 Å². The van der Waals surface area contributed by atoms with Crippen LogP contribution in [0.2, 0.25) is 0 Å². The predicted octanol–water partition coefficient (Wildman–Crippen LogP) is 2.44. The second kappa shape index (κ2) is 9.14. The maximum Gasteiger partial charge on any atom is 0.225 e. The van der Waals surface area contributed by atoms with E-state index >= 15 is 0 Å². The maximum absolute atomic E-state index is 10.1. The minimum Gasteiger partial charge on any atom is -0.391 e. The van der Waals surface area contributed by atoms with Crippen LogP contribution in [0.15, 0.2) is 6.20 Å². The van der Waals surface area contributed by atoms with Crippen LogP contribution in [-0.2, 0) is 0 Å². The Hall–Kier alpha value is -1.93. The molecule has 3 rings (SSSR count). The molecule has 0 aromatic carbocycles. The van der Waals surface area contributed by atoms with Crippen LogP contribution in [0, 0.1) is 0 Å². The largest absolute Gasteiger partial charge is 0.391 e. The van der Waals surface area contributed by atoms with Crippen molar-refractivity contribution in [2.45, 2.75) is 51.2 Å². The van der Waals surface area contributed by atoms with Crippen molar-refractivity contribution in [1.82, 2.24) is 19.9 Å². The molecule has 26 heavy (non-hydrogen) atoms. The predicted molar refractivity (Wildman–Crippen MR) is 107 cm³/mol. The summed E-state index contributed by atoms with van der Waals surface area (Å²) in [6.07, 6.45) is 6.31. The van der Waals surface area contributed by atoms with Gasteiger partial charge < -0.3 is 20.6 Å². The summed E-state index contributed by atoms with van der Waals surface area (Å²) in [5.41, 5.74) is 1.40. The molecule has 9 heteroatoms. The molecule has 0 aliphatic heterocycles. The highest BCUT2D eigenvalue weighted by atomic mass is 35.5. The van der Waals surface area contributed by atoms with E-state index in [4.69, 9.17) is 0 Å². The number of anilines is 3. The highest BCUT2D eigenvalue weighted by Gasteiger charge is 2.24. The smallest absolute Gasteiger partial charge is 0.225 e. The molecule has 1 fully saturated rings. The van der Waals surface area contributed by atoms with E-state index in [-0.39, 0.29) is 24.6 Å². The number of fused-ring (bicyclic) bond motifs is 1. The third-order valence-corrected chi connectivity index (χ3v) is 4.42. The highest BCUT2D eigenvalue weighted by Crippen LogP contribution is 2.25. The van der Waals surface area contributed by atoms with Crippen LogP contribution in [-0.4, -0.2) is 57.8 Å². The molecule has 144 valence electrons. The minimum absolute atomic E-state index is 0. The van der Waals surface area contributed by atoms with E-state index in [1.807, 2.05) is 19.0 Å². The van der Waals surface area contributed by atoms with E-state index in [0.29, 0.717) is 22.9 Å². The molecule has 0 bridgehead atoms. The number of hydrogen-bond acceptors (Lipinski definition) is 8. The fraction of sp³-hybridized carbons (Fsp3) is 0.647. The summed E-state index contributed by atoms with van der Waals surface area (Å²) < 4.78 is 0. The van der Waals surface area contributed by atoms with Gasteiger partial charge in [-0.15, -0.1) is 12.4 Å². The quantitative estimate of drug-likeness (QED) is 0.701. The molecule has 2 aromatic rings. The van der Waals surface area contributed by atoms with Gasteiger partial charge in [0.2, 0.25) is 11.9 Å². The van der Waals surface area contributed by atoms with Crippen molar-refractivity contribution in [3.63, 3.8) is 0 Å². The number of nitrogens with one attached hydrogen (secondary N) is 2. The maximum atomic E-state index is 10.1. The number of hydrogen-bond donors (Lipinski definition) is 3. The summed E-state index contributed by atoms with van der Waals surface area (Å²) in [5.74, 6) is 1.85. The second-order valence-corrected chi connectivity index (χ2v) is 6.72. The summed E-state index contributed by atoms with van der Waals surface area (Å²) in [4.78, 5) is 20.0. The average molecular weight is 382 g/mol. The van der Waals surface area contributed by atoms with E-state index < -0.39 is 0 Å². The highest BCUT2D eigenvalue weighted by molar-refractivity contribution is 5.86. The summed E-state index contributed by atoms with van der Waals surface area (Å²) >= 11 is 0. The van der Waals surface area contributed by atoms with E-state index in [1.54, 1.807) is 6.20 Å². The Morgan fingerprint density at radius 3 is 2.62 bits per heavy atom. The van der Waals surface area contributed by atoms with Gasteiger partial charge in [-0.25, -0.2) is 15.0 Å². The number of aromatic nitrogens is 4. The van der Waals surface area contributed by atoms with Crippen LogP contribution < -0.4 is 15.5 Å². The van der Waals surface area contributed by atoms with Gasteiger partial charge in [-0.3, -0.25) is 0 Å². The molecule has 1 saturated carbocycles. The fourth-order valence-corrected chi connectivity index (χ4v) is 3.06. The average Bonchev–Trinajstić information content (AvgIpc) is 2.61. The number of halogens is 1. The van der Waals surface area contributed by atoms with Crippen molar-refractivity contribution in [2.24, 2.45) is 0 Å². The standard InChI is InChI=1S/C17H27N7O.ClH/c1-4-9-18-16-21-12-10-19-17(20-11-7-5-6-8-13(11)25)22-14(12)15(23-16)24(2)3;/h10-11,13,25H,4-9H2,1-3H3,(H,18,21,23)(H,19,20,22);1H/t11-,13-;/m0./s1. The molecule has 3 N–H and O–H groups in total. The van der Waals surface area contributed by atoms with Crippen LogP contribution in [0.4, 0.5) is 17.7 Å². The summed E-state index contributed by atoms with van der Waals surface area (Å²) in [5, 5.41) is 16.6.